The summed E-state index contributed by atoms with van der Waals surface area (Å²) < 4.78 is 0. The maximum atomic E-state index is 11.5. The molecule has 2 N–H and O–H groups in total. The van der Waals surface area contributed by atoms with E-state index in [1.165, 1.54) is 0 Å². The number of aryl methyl sites for hydroxylation is 1. The summed E-state index contributed by atoms with van der Waals surface area (Å²) in [7, 11) is 0. The molecule has 1 aliphatic carbocycles. The van der Waals surface area contributed by atoms with Gasteiger partial charge in [-0.1, -0.05) is 18.9 Å². The first-order valence-electron chi connectivity index (χ1n) is 6.10. The van der Waals surface area contributed by atoms with Gasteiger partial charge in [-0.05, 0) is 37.5 Å². The molecule has 0 spiro atoms. The fourth-order valence-corrected chi connectivity index (χ4v) is 2.49. The van der Waals surface area contributed by atoms with E-state index in [0.29, 0.717) is 24.1 Å². The highest BCUT2D eigenvalue weighted by Crippen LogP contribution is 2.34. The number of nitriles is 1. The first-order valence-corrected chi connectivity index (χ1v) is 6.10. The zero-order valence-electron chi connectivity index (χ0n) is 10.4. The van der Waals surface area contributed by atoms with Crippen molar-refractivity contribution in [2.24, 2.45) is 0 Å². The van der Waals surface area contributed by atoms with E-state index in [1.807, 2.05) is 19.1 Å². The predicted molar refractivity (Wildman–Crippen MR) is 68.4 cm³/mol. The van der Waals surface area contributed by atoms with Gasteiger partial charge in [0, 0.05) is 0 Å². The van der Waals surface area contributed by atoms with Crippen molar-refractivity contribution >= 4 is 11.7 Å². The molecule has 0 aliphatic heterocycles. The van der Waals surface area contributed by atoms with E-state index in [9.17, 15) is 9.90 Å². The summed E-state index contributed by atoms with van der Waals surface area (Å²) in [5.74, 6) is -0.828. The summed E-state index contributed by atoms with van der Waals surface area (Å²) in [5.41, 5.74) is 1.23. The second-order valence-electron chi connectivity index (χ2n) is 4.88. The summed E-state index contributed by atoms with van der Waals surface area (Å²) in [6.45, 7) is 1.93. The van der Waals surface area contributed by atoms with Gasteiger partial charge in [0.25, 0.3) is 0 Å². The van der Waals surface area contributed by atoms with Crippen molar-refractivity contribution < 1.29 is 9.90 Å². The molecule has 1 aliphatic rings. The highest BCUT2D eigenvalue weighted by atomic mass is 16.4. The number of carbonyl (C=O) groups is 1. The molecule has 0 saturated heterocycles. The van der Waals surface area contributed by atoms with E-state index in [-0.39, 0.29) is 0 Å². The second-order valence-corrected chi connectivity index (χ2v) is 4.88. The molecule has 0 radical (unpaired) electrons. The minimum atomic E-state index is -0.903. The first-order chi connectivity index (χ1) is 8.57. The Morgan fingerprint density at radius 3 is 2.67 bits per heavy atom. The van der Waals surface area contributed by atoms with Crippen LogP contribution in [0.15, 0.2) is 18.2 Å². The monoisotopic (exact) mass is 244 g/mol. The smallest absolute Gasteiger partial charge is 0.329 e. The number of aliphatic carboxylic acids is 1. The van der Waals surface area contributed by atoms with Crippen molar-refractivity contribution in [2.45, 2.75) is 38.1 Å². The van der Waals surface area contributed by atoms with Gasteiger partial charge in [0.05, 0.1) is 11.3 Å². The lowest BCUT2D eigenvalue weighted by molar-refractivity contribution is -0.142. The predicted octanol–water partition coefficient (Wildman–Crippen LogP) is 2.68. The number of benzene rings is 1. The van der Waals surface area contributed by atoms with Gasteiger partial charge >= 0.3 is 5.97 Å². The summed E-state index contributed by atoms with van der Waals surface area (Å²) in [5, 5.41) is 21.6. The Morgan fingerprint density at radius 1 is 1.44 bits per heavy atom. The molecular formula is C14H16N2O2. The van der Waals surface area contributed by atoms with Crippen LogP contribution >= 0.6 is 0 Å². The fourth-order valence-electron chi connectivity index (χ4n) is 2.49. The summed E-state index contributed by atoms with van der Waals surface area (Å²) in [6, 6.07) is 7.51. The highest BCUT2D eigenvalue weighted by molar-refractivity contribution is 5.84. The molecule has 0 aromatic heterocycles. The van der Waals surface area contributed by atoms with E-state index in [2.05, 4.69) is 11.4 Å². The van der Waals surface area contributed by atoms with Crippen LogP contribution in [0.4, 0.5) is 5.69 Å². The molecule has 1 fully saturated rings. The Labute approximate surface area is 106 Å². The van der Waals surface area contributed by atoms with Gasteiger partial charge in [0.15, 0.2) is 0 Å². The highest BCUT2D eigenvalue weighted by Gasteiger charge is 2.41. The van der Waals surface area contributed by atoms with Gasteiger partial charge in [-0.25, -0.2) is 4.79 Å². The van der Waals surface area contributed by atoms with Crippen molar-refractivity contribution in [3.63, 3.8) is 0 Å². The van der Waals surface area contributed by atoms with E-state index < -0.39 is 11.5 Å². The molecule has 94 valence electrons. The van der Waals surface area contributed by atoms with Crippen LogP contribution in [0.2, 0.25) is 0 Å². The lowest BCUT2D eigenvalue weighted by atomic mass is 9.96. The molecule has 2 rings (SSSR count). The van der Waals surface area contributed by atoms with Crippen LogP contribution < -0.4 is 5.32 Å². The Morgan fingerprint density at radius 2 is 2.11 bits per heavy atom. The minimum absolute atomic E-state index is 0.494. The molecule has 0 atom stereocenters. The van der Waals surface area contributed by atoms with Crippen molar-refractivity contribution in [3.8, 4) is 6.07 Å². The number of anilines is 1. The molecule has 1 aromatic rings. The van der Waals surface area contributed by atoms with Crippen LogP contribution in [0.5, 0.6) is 0 Å². The fraction of sp³-hybridized carbons (Fsp3) is 0.429. The third-order valence-electron chi connectivity index (χ3n) is 3.54. The third kappa shape index (κ3) is 2.17. The number of carboxylic acids is 1. The van der Waals surface area contributed by atoms with Gasteiger partial charge in [0.1, 0.15) is 11.6 Å². The van der Waals surface area contributed by atoms with Crippen LogP contribution in [-0.2, 0) is 4.79 Å². The van der Waals surface area contributed by atoms with Crippen LogP contribution in [-0.4, -0.2) is 16.6 Å². The molecule has 0 heterocycles. The van der Waals surface area contributed by atoms with Crippen molar-refractivity contribution in [2.75, 3.05) is 5.32 Å². The lowest BCUT2D eigenvalue weighted by Crippen LogP contribution is -2.43. The second kappa shape index (κ2) is 4.69. The molecule has 1 aromatic carbocycles. The van der Waals surface area contributed by atoms with E-state index in [0.717, 1.165) is 18.4 Å². The Hall–Kier alpha value is -2.02. The molecule has 18 heavy (non-hydrogen) atoms. The zero-order valence-corrected chi connectivity index (χ0v) is 10.4. The number of nitrogens with zero attached hydrogens (tertiary/aromatic N) is 1. The third-order valence-corrected chi connectivity index (χ3v) is 3.54. The van der Waals surface area contributed by atoms with Crippen LogP contribution in [0.25, 0.3) is 0 Å². The van der Waals surface area contributed by atoms with Gasteiger partial charge < -0.3 is 10.4 Å². The molecule has 0 bridgehead atoms. The largest absolute Gasteiger partial charge is 0.480 e. The lowest BCUT2D eigenvalue weighted by Gasteiger charge is -2.27. The molecule has 1 saturated carbocycles. The molecule has 0 amide bonds. The number of nitrogens with one attached hydrogen (secondary N) is 1. The summed E-state index contributed by atoms with van der Waals surface area (Å²) >= 11 is 0. The standard InChI is InChI=1S/C14H16N2O2/c1-10-4-5-11(9-15)12(8-10)16-14(13(17)18)6-2-3-7-14/h4-5,8,16H,2-3,6-7H2,1H3,(H,17,18). The van der Waals surface area contributed by atoms with Crippen LogP contribution in [0.3, 0.4) is 0 Å². The maximum absolute atomic E-state index is 11.5. The first kappa shape index (κ1) is 12.4. The summed E-state index contributed by atoms with van der Waals surface area (Å²) in [6.07, 6.45) is 3.04. The maximum Gasteiger partial charge on any atom is 0.329 e. The van der Waals surface area contributed by atoms with Gasteiger partial charge in [-0.15, -0.1) is 0 Å². The zero-order chi connectivity index (χ0) is 13.2. The minimum Gasteiger partial charge on any atom is -0.480 e. The number of hydrogen-bond donors (Lipinski definition) is 2. The van der Waals surface area contributed by atoms with Crippen LogP contribution in [0, 0.1) is 18.3 Å². The van der Waals surface area contributed by atoms with E-state index >= 15 is 0 Å². The number of hydrogen-bond acceptors (Lipinski definition) is 3. The average molecular weight is 244 g/mol. The Kier molecular flexibility index (Phi) is 3.24. The van der Waals surface area contributed by atoms with Crippen molar-refractivity contribution in [3.05, 3.63) is 29.3 Å². The molecule has 4 heteroatoms. The van der Waals surface area contributed by atoms with Crippen LogP contribution in [0.1, 0.15) is 36.8 Å². The van der Waals surface area contributed by atoms with Crippen molar-refractivity contribution in [1.82, 2.24) is 0 Å². The van der Waals surface area contributed by atoms with E-state index in [1.54, 1.807) is 6.07 Å². The van der Waals surface area contributed by atoms with Gasteiger partial charge in [-0.2, -0.15) is 5.26 Å². The van der Waals surface area contributed by atoms with Gasteiger partial charge in [-0.3, -0.25) is 0 Å². The van der Waals surface area contributed by atoms with Crippen molar-refractivity contribution in [1.29, 1.82) is 5.26 Å². The number of carboxylic acid groups (broad SMARTS) is 1. The average Bonchev–Trinajstić information content (AvgIpc) is 2.79. The molecular weight excluding hydrogens is 228 g/mol. The molecule has 4 nitrogen and oxygen atoms in total. The normalized spacial score (nSPS) is 17.1. The quantitative estimate of drug-likeness (QED) is 0.857. The number of rotatable bonds is 3. The Balaban J connectivity index is 2.35. The SMILES string of the molecule is Cc1ccc(C#N)c(NC2(C(=O)O)CCCC2)c1. The molecule has 0 unspecified atom stereocenters. The van der Waals surface area contributed by atoms with E-state index in [4.69, 9.17) is 5.26 Å². The summed E-state index contributed by atoms with van der Waals surface area (Å²) in [4.78, 5) is 11.5. The van der Waals surface area contributed by atoms with Gasteiger partial charge in [0.2, 0.25) is 0 Å². The Bertz CT molecular complexity index is 511. The topological polar surface area (TPSA) is 73.1 Å².